The molecule has 1 aliphatic rings. The van der Waals surface area contributed by atoms with Crippen molar-refractivity contribution >= 4 is 40.3 Å². The molecule has 1 amide bonds. The smallest absolute Gasteiger partial charge is 0.266 e. The molecule has 3 aromatic rings. The first-order chi connectivity index (χ1) is 16.0. The van der Waals surface area contributed by atoms with Crippen LogP contribution in [0, 0.1) is 5.82 Å². The van der Waals surface area contributed by atoms with Crippen LogP contribution in [-0.4, -0.2) is 51.8 Å². The van der Waals surface area contributed by atoms with Crippen LogP contribution < -0.4 is 4.74 Å². The summed E-state index contributed by atoms with van der Waals surface area (Å²) < 4.78 is 27.2. The highest BCUT2D eigenvalue weighted by Gasteiger charge is 2.32. The maximum atomic E-state index is 14.6. The summed E-state index contributed by atoms with van der Waals surface area (Å²) in [4.78, 5) is 14.9. The van der Waals surface area contributed by atoms with E-state index in [1.54, 1.807) is 36.9 Å². The molecule has 0 saturated carbocycles. The van der Waals surface area contributed by atoms with Gasteiger partial charge in [0.25, 0.3) is 5.91 Å². The number of hydrogen-bond acceptors (Lipinski definition) is 6. The molecule has 33 heavy (non-hydrogen) atoms. The quantitative estimate of drug-likeness (QED) is 0.335. The number of nitrogens with zero attached hydrogens (tertiary/aromatic N) is 3. The summed E-state index contributed by atoms with van der Waals surface area (Å²) in [5, 5.41) is 4.70. The molecule has 6 nitrogen and oxygen atoms in total. The van der Waals surface area contributed by atoms with Crippen LogP contribution in [0.3, 0.4) is 0 Å². The molecule has 0 atom stereocenters. The van der Waals surface area contributed by atoms with E-state index in [1.165, 1.54) is 22.7 Å². The Morgan fingerprint density at radius 1 is 1.21 bits per heavy atom. The fraction of sp³-hybridized carbons (Fsp3) is 0.208. The summed E-state index contributed by atoms with van der Waals surface area (Å²) >= 11 is 6.61. The van der Waals surface area contributed by atoms with Crippen LogP contribution in [0.5, 0.6) is 5.75 Å². The predicted molar refractivity (Wildman–Crippen MR) is 132 cm³/mol. The molecule has 0 N–H and O–H groups in total. The minimum atomic E-state index is -0.472. The standard InChI is InChI=1S/C24H22FN3O3S2/c1-3-31-20-10-9-16(13-19(20)25)22-17(15-28(26-22)18-7-5-4-6-8-18)14-21-23(29)27(11-12-30-2)24(32)33-21/h4-10,13-15H,3,11-12H2,1-2H3/b21-14-. The van der Waals surface area contributed by atoms with E-state index in [0.29, 0.717) is 45.8 Å². The van der Waals surface area contributed by atoms with Gasteiger partial charge in [0.05, 0.1) is 30.4 Å². The third kappa shape index (κ3) is 5.00. The highest BCUT2D eigenvalue weighted by molar-refractivity contribution is 8.26. The molecule has 170 valence electrons. The largest absolute Gasteiger partial charge is 0.491 e. The minimum absolute atomic E-state index is 0.182. The zero-order valence-corrected chi connectivity index (χ0v) is 19.8. The third-order valence-electron chi connectivity index (χ3n) is 4.95. The van der Waals surface area contributed by atoms with Crippen LogP contribution in [0.1, 0.15) is 12.5 Å². The first kappa shape index (κ1) is 23.2. The van der Waals surface area contributed by atoms with Crippen molar-refractivity contribution in [3.63, 3.8) is 0 Å². The van der Waals surface area contributed by atoms with Crippen LogP contribution in [0.4, 0.5) is 4.39 Å². The van der Waals surface area contributed by atoms with Crippen LogP contribution in [0.2, 0.25) is 0 Å². The molecular weight excluding hydrogens is 461 g/mol. The van der Waals surface area contributed by atoms with Crippen LogP contribution in [-0.2, 0) is 9.53 Å². The number of thioether (sulfide) groups is 1. The fourth-order valence-electron chi connectivity index (χ4n) is 3.37. The normalized spacial score (nSPS) is 15.0. The van der Waals surface area contributed by atoms with Crippen LogP contribution in [0.15, 0.2) is 59.6 Å². The van der Waals surface area contributed by atoms with Crippen molar-refractivity contribution in [1.82, 2.24) is 14.7 Å². The number of thiocarbonyl (C=S) groups is 1. The lowest BCUT2D eigenvalue weighted by molar-refractivity contribution is -0.122. The van der Waals surface area contributed by atoms with Crippen molar-refractivity contribution in [3.8, 4) is 22.7 Å². The van der Waals surface area contributed by atoms with Gasteiger partial charge in [-0.15, -0.1) is 0 Å². The van der Waals surface area contributed by atoms with Gasteiger partial charge in [-0.05, 0) is 43.3 Å². The molecule has 1 aromatic heterocycles. The van der Waals surface area contributed by atoms with Crippen molar-refractivity contribution in [2.45, 2.75) is 6.92 Å². The molecule has 1 fully saturated rings. The fourth-order valence-corrected chi connectivity index (χ4v) is 4.67. The molecule has 1 aliphatic heterocycles. The van der Waals surface area contributed by atoms with Crippen molar-refractivity contribution in [3.05, 3.63) is 71.0 Å². The first-order valence-electron chi connectivity index (χ1n) is 10.3. The predicted octanol–water partition coefficient (Wildman–Crippen LogP) is 4.92. The van der Waals surface area contributed by atoms with Gasteiger partial charge >= 0.3 is 0 Å². The lowest BCUT2D eigenvalue weighted by Crippen LogP contribution is -2.31. The number of rotatable bonds is 8. The summed E-state index contributed by atoms with van der Waals surface area (Å²) in [6.07, 6.45) is 3.57. The van der Waals surface area contributed by atoms with Gasteiger partial charge in [0.2, 0.25) is 0 Å². The van der Waals surface area contributed by atoms with Gasteiger partial charge in [0.15, 0.2) is 11.6 Å². The molecule has 0 aliphatic carbocycles. The lowest BCUT2D eigenvalue weighted by Gasteiger charge is -2.12. The van der Waals surface area contributed by atoms with Gasteiger partial charge in [-0.3, -0.25) is 9.69 Å². The molecule has 2 heterocycles. The maximum absolute atomic E-state index is 14.6. The molecule has 0 radical (unpaired) electrons. The zero-order valence-electron chi connectivity index (χ0n) is 18.2. The van der Waals surface area contributed by atoms with E-state index in [9.17, 15) is 9.18 Å². The number of aromatic nitrogens is 2. The third-order valence-corrected chi connectivity index (χ3v) is 6.33. The van der Waals surface area contributed by atoms with E-state index in [1.807, 2.05) is 36.5 Å². The maximum Gasteiger partial charge on any atom is 0.266 e. The van der Waals surface area contributed by atoms with Gasteiger partial charge in [-0.25, -0.2) is 9.07 Å². The van der Waals surface area contributed by atoms with Crippen LogP contribution in [0.25, 0.3) is 23.0 Å². The van der Waals surface area contributed by atoms with E-state index >= 15 is 0 Å². The Kier molecular flexibility index (Phi) is 7.22. The monoisotopic (exact) mass is 483 g/mol. The van der Waals surface area contributed by atoms with E-state index in [0.717, 1.165) is 5.69 Å². The van der Waals surface area contributed by atoms with Crippen molar-refractivity contribution < 1.29 is 18.7 Å². The van der Waals surface area contributed by atoms with Gasteiger partial charge < -0.3 is 9.47 Å². The Morgan fingerprint density at radius 2 is 2.00 bits per heavy atom. The summed E-state index contributed by atoms with van der Waals surface area (Å²) in [5.41, 5.74) is 2.64. The average Bonchev–Trinajstić information content (AvgIpc) is 3.35. The Morgan fingerprint density at radius 3 is 2.70 bits per heavy atom. The highest BCUT2D eigenvalue weighted by atomic mass is 32.2. The summed E-state index contributed by atoms with van der Waals surface area (Å²) in [6.45, 7) is 2.95. The number of methoxy groups -OCH3 is 1. The molecule has 0 spiro atoms. The van der Waals surface area contributed by atoms with Gasteiger partial charge in [-0.1, -0.05) is 42.2 Å². The second kappa shape index (κ2) is 10.3. The molecular formula is C24H22FN3O3S2. The number of carbonyl (C=O) groups excluding carboxylic acids is 1. The van der Waals surface area contributed by atoms with E-state index < -0.39 is 5.82 Å². The second-order valence-electron chi connectivity index (χ2n) is 7.12. The topological polar surface area (TPSA) is 56.6 Å². The number of hydrogen-bond donors (Lipinski definition) is 0. The number of benzene rings is 2. The Bertz CT molecular complexity index is 1210. The second-order valence-corrected chi connectivity index (χ2v) is 8.79. The molecule has 4 rings (SSSR count). The van der Waals surface area contributed by atoms with Crippen molar-refractivity contribution in [1.29, 1.82) is 0 Å². The summed E-state index contributed by atoms with van der Waals surface area (Å²) in [5.74, 6) is -0.469. The number of carbonyl (C=O) groups is 1. The SMILES string of the molecule is CCOc1ccc(-c2nn(-c3ccccc3)cc2/C=C2\SC(=S)N(CCOC)C2=O)cc1F. The van der Waals surface area contributed by atoms with E-state index in [4.69, 9.17) is 26.8 Å². The molecule has 0 unspecified atom stereocenters. The molecule has 9 heteroatoms. The highest BCUT2D eigenvalue weighted by Crippen LogP contribution is 2.35. The number of ether oxygens (including phenoxy) is 2. The van der Waals surface area contributed by atoms with Crippen LogP contribution >= 0.6 is 24.0 Å². The summed E-state index contributed by atoms with van der Waals surface area (Å²) in [6, 6.07) is 14.3. The molecule has 0 bridgehead atoms. The Balaban J connectivity index is 1.77. The lowest BCUT2D eigenvalue weighted by atomic mass is 10.1. The zero-order chi connectivity index (χ0) is 23.4. The summed E-state index contributed by atoms with van der Waals surface area (Å²) in [7, 11) is 1.58. The van der Waals surface area contributed by atoms with Gasteiger partial charge in [0, 0.05) is 24.4 Å². The van der Waals surface area contributed by atoms with E-state index in [2.05, 4.69) is 0 Å². The Labute approximate surface area is 201 Å². The molecule has 2 aromatic carbocycles. The van der Waals surface area contributed by atoms with Gasteiger partial charge in [0.1, 0.15) is 10.0 Å². The number of amides is 1. The Hall–Kier alpha value is -3.01. The first-order valence-corrected chi connectivity index (χ1v) is 11.6. The van der Waals surface area contributed by atoms with Crippen molar-refractivity contribution in [2.24, 2.45) is 0 Å². The van der Waals surface area contributed by atoms with E-state index in [-0.39, 0.29) is 11.7 Å². The molecule has 1 saturated heterocycles. The minimum Gasteiger partial charge on any atom is -0.491 e. The number of halogens is 1. The van der Waals surface area contributed by atoms with Crippen molar-refractivity contribution in [2.75, 3.05) is 26.9 Å². The van der Waals surface area contributed by atoms with Gasteiger partial charge in [-0.2, -0.15) is 5.10 Å². The number of para-hydroxylation sites is 1. The average molecular weight is 484 g/mol.